The van der Waals surface area contributed by atoms with E-state index in [0.29, 0.717) is 0 Å². The molecular formula is C4Cl4S. The van der Waals surface area contributed by atoms with E-state index in [2.05, 4.69) is 17.2 Å². The molecule has 0 radical (unpaired) electrons. The monoisotopic (exact) mass is 220 g/mol. The first kappa shape index (κ1) is 9.77. The predicted molar refractivity (Wildman–Crippen MR) is 46.5 cm³/mol. The van der Waals surface area contributed by atoms with Gasteiger partial charge in [-0.15, -0.1) is 0 Å². The first-order valence-corrected chi connectivity index (χ1v) is 3.63. The van der Waals surface area contributed by atoms with Gasteiger partial charge in [-0.25, -0.2) is 0 Å². The van der Waals surface area contributed by atoms with Crippen molar-refractivity contribution in [3.8, 4) is 0 Å². The molecule has 0 unspecified atom stereocenters. The number of rotatable bonds is 1. The molecular weight excluding hydrogens is 222 g/mol. The molecule has 0 N–H and O–H groups in total. The molecule has 0 rings (SSSR count). The van der Waals surface area contributed by atoms with Gasteiger partial charge in [0.25, 0.3) is 0 Å². The van der Waals surface area contributed by atoms with Crippen LogP contribution in [0.2, 0.25) is 0 Å². The van der Waals surface area contributed by atoms with Gasteiger partial charge >= 0.3 is 0 Å². The summed E-state index contributed by atoms with van der Waals surface area (Å²) in [7, 11) is 0. The second-order valence-corrected chi connectivity index (χ2v) is 2.90. The summed E-state index contributed by atoms with van der Waals surface area (Å²) in [4.78, 5) is 0. The second kappa shape index (κ2) is 4.56. The van der Waals surface area contributed by atoms with Crippen molar-refractivity contribution in [2.75, 3.05) is 0 Å². The summed E-state index contributed by atoms with van der Waals surface area (Å²) in [6.07, 6.45) is 0. The molecule has 50 valence electrons. The fraction of sp³-hybridized carbons (Fsp3) is 0. The van der Waals surface area contributed by atoms with Gasteiger partial charge in [0.2, 0.25) is 0 Å². The number of thiocarbonyl (C=S) groups is 1. The van der Waals surface area contributed by atoms with Crippen LogP contribution in [0.4, 0.5) is 0 Å². The van der Waals surface area contributed by atoms with E-state index in [-0.39, 0.29) is 14.6 Å². The topological polar surface area (TPSA) is 0 Å². The number of hydrogen-bond acceptors (Lipinski definition) is 1. The molecule has 0 heterocycles. The minimum absolute atomic E-state index is 0.0231. The van der Waals surface area contributed by atoms with Crippen LogP contribution in [0.5, 0.6) is 0 Å². The lowest BCUT2D eigenvalue weighted by Crippen LogP contribution is -1.71. The van der Waals surface area contributed by atoms with Crippen LogP contribution >= 0.6 is 58.6 Å². The van der Waals surface area contributed by atoms with Gasteiger partial charge in [0.15, 0.2) is 0 Å². The van der Waals surface area contributed by atoms with Gasteiger partial charge in [0.05, 0.1) is 5.03 Å². The largest absolute Gasteiger partial charge is 0.127 e. The van der Waals surface area contributed by atoms with Crippen LogP contribution in [0.3, 0.4) is 0 Å². The van der Waals surface area contributed by atoms with Crippen molar-refractivity contribution in [2.24, 2.45) is 0 Å². The molecule has 0 aliphatic heterocycles. The van der Waals surface area contributed by atoms with Crippen molar-refractivity contribution >= 4 is 63.6 Å². The molecule has 0 amide bonds. The Morgan fingerprint density at radius 1 is 1.11 bits per heavy atom. The van der Waals surface area contributed by atoms with Crippen molar-refractivity contribution in [1.82, 2.24) is 0 Å². The molecule has 0 aromatic heterocycles. The van der Waals surface area contributed by atoms with Gasteiger partial charge in [0, 0.05) is 0 Å². The maximum atomic E-state index is 5.38. The first-order chi connectivity index (χ1) is 4.09. The Balaban J connectivity index is 4.60. The number of halogens is 4. The second-order valence-electron chi connectivity index (χ2n) is 0.990. The zero-order chi connectivity index (χ0) is 7.44. The molecule has 9 heavy (non-hydrogen) atoms. The van der Waals surface area contributed by atoms with E-state index < -0.39 is 0 Å². The highest BCUT2D eigenvalue weighted by molar-refractivity contribution is 7.78. The molecule has 0 nitrogen and oxygen atoms in total. The Bertz CT molecular complexity index is 185. The van der Waals surface area contributed by atoms with Crippen molar-refractivity contribution in [3.05, 3.63) is 14.6 Å². The van der Waals surface area contributed by atoms with Crippen molar-refractivity contribution in [1.29, 1.82) is 0 Å². The van der Waals surface area contributed by atoms with E-state index in [9.17, 15) is 0 Å². The van der Waals surface area contributed by atoms with Gasteiger partial charge in [0.1, 0.15) is 9.52 Å². The third-order valence-corrected chi connectivity index (χ3v) is 2.09. The maximum Gasteiger partial charge on any atom is 0.127 e. The summed E-state index contributed by atoms with van der Waals surface area (Å²) in [5, 5.41) is 2.22. The zero-order valence-electron chi connectivity index (χ0n) is 3.92. The van der Waals surface area contributed by atoms with Crippen LogP contribution in [-0.4, -0.2) is 5.02 Å². The summed E-state index contributed by atoms with van der Waals surface area (Å²) in [6.45, 7) is 0. The van der Waals surface area contributed by atoms with E-state index in [1.807, 2.05) is 0 Å². The molecule has 0 saturated heterocycles. The van der Waals surface area contributed by atoms with Crippen molar-refractivity contribution in [3.63, 3.8) is 0 Å². The van der Waals surface area contributed by atoms with E-state index in [4.69, 9.17) is 46.4 Å². The van der Waals surface area contributed by atoms with E-state index >= 15 is 0 Å². The van der Waals surface area contributed by atoms with E-state index in [0.717, 1.165) is 0 Å². The van der Waals surface area contributed by atoms with Crippen LogP contribution in [0.1, 0.15) is 0 Å². The van der Waals surface area contributed by atoms with E-state index in [1.54, 1.807) is 0 Å². The maximum absolute atomic E-state index is 5.38. The highest BCUT2D eigenvalue weighted by Crippen LogP contribution is 2.25. The van der Waals surface area contributed by atoms with Crippen molar-refractivity contribution < 1.29 is 0 Å². The summed E-state index contributed by atoms with van der Waals surface area (Å²) in [5.41, 5.74) is 0. The minimum atomic E-state index is -0.112. The zero-order valence-corrected chi connectivity index (χ0v) is 7.76. The van der Waals surface area contributed by atoms with Crippen LogP contribution in [0.25, 0.3) is 0 Å². The SMILES string of the molecule is S=C=C(Cl)C(Cl)=C(Cl)Cl. The number of allylic oxidation sites excluding steroid dienone is 2. The van der Waals surface area contributed by atoms with Gasteiger partial charge < -0.3 is 0 Å². The summed E-state index contributed by atoms with van der Waals surface area (Å²) >= 11 is 25.5. The van der Waals surface area contributed by atoms with Crippen molar-refractivity contribution in [2.45, 2.75) is 0 Å². The van der Waals surface area contributed by atoms with Gasteiger partial charge in [-0.1, -0.05) is 46.4 Å². The molecule has 0 aromatic rings. The van der Waals surface area contributed by atoms with Crippen LogP contribution in [-0.2, 0) is 0 Å². The highest BCUT2D eigenvalue weighted by atomic mass is 35.5. The molecule has 5 heteroatoms. The summed E-state index contributed by atoms with van der Waals surface area (Å²) in [5.74, 6) is 0. The third-order valence-electron chi connectivity index (χ3n) is 0.448. The van der Waals surface area contributed by atoms with Crippen LogP contribution < -0.4 is 0 Å². The Hall–Kier alpha value is 0.770. The quantitative estimate of drug-likeness (QED) is 0.482. The standard InChI is InChI=1S/C4Cl4S/c5-2(1-9)3(6)4(7)8. The normalized spacial score (nSPS) is 8.00. The Labute approximate surface area is 78.0 Å². The first-order valence-electron chi connectivity index (χ1n) is 1.71. The summed E-state index contributed by atoms with van der Waals surface area (Å²) < 4.78 is -0.112. The molecule has 0 aliphatic carbocycles. The molecule has 0 saturated carbocycles. The molecule has 0 aromatic carbocycles. The predicted octanol–water partition coefficient (Wildman–Crippen LogP) is 3.59. The molecule has 0 atom stereocenters. The van der Waals surface area contributed by atoms with Gasteiger partial charge in [-0.3, -0.25) is 0 Å². The average molecular weight is 222 g/mol. The molecule has 0 aliphatic rings. The fourth-order valence-electron chi connectivity index (χ4n) is 0.128. The molecule has 0 bridgehead atoms. The van der Waals surface area contributed by atoms with E-state index in [1.165, 1.54) is 0 Å². The lowest BCUT2D eigenvalue weighted by molar-refractivity contribution is 1.93. The Morgan fingerprint density at radius 3 is 1.67 bits per heavy atom. The van der Waals surface area contributed by atoms with Gasteiger partial charge in [-0.2, -0.15) is 0 Å². The van der Waals surface area contributed by atoms with Gasteiger partial charge in [-0.05, 0) is 17.2 Å². The average Bonchev–Trinajstić information content (AvgIpc) is 1.84. The lowest BCUT2D eigenvalue weighted by atomic mass is 10.6. The lowest BCUT2D eigenvalue weighted by Gasteiger charge is -1.88. The van der Waals surface area contributed by atoms with Crippen LogP contribution in [0.15, 0.2) is 14.6 Å². The molecule has 0 fully saturated rings. The fourth-order valence-corrected chi connectivity index (χ4v) is 0.713. The highest BCUT2D eigenvalue weighted by Gasteiger charge is 2.01. The number of hydrogen-bond donors (Lipinski definition) is 0. The smallest absolute Gasteiger partial charge is 0.0793 e. The summed E-state index contributed by atoms with van der Waals surface area (Å²) in [6, 6.07) is 0. The Morgan fingerprint density at radius 2 is 1.56 bits per heavy atom. The van der Waals surface area contributed by atoms with Crippen LogP contribution in [0, 0.1) is 0 Å². The third kappa shape index (κ3) is 3.47. The minimum Gasteiger partial charge on any atom is -0.0793 e. The molecule has 0 spiro atoms. The Kier molecular flexibility index (Phi) is 4.96.